The molecule has 0 aliphatic carbocycles. The van der Waals surface area contributed by atoms with Crippen molar-refractivity contribution in [1.82, 2.24) is 9.62 Å². The SMILES string of the molecule is C[C@@H](Cc1cccc(Cl)c1)NC(=O)[C@@H]1CCCN1S(=O)(=O)c1ccccc1. The first-order chi connectivity index (χ1) is 12.9. The molecule has 7 heteroatoms. The summed E-state index contributed by atoms with van der Waals surface area (Å²) in [5.74, 6) is -0.249. The van der Waals surface area contributed by atoms with E-state index in [0.717, 1.165) is 5.56 Å². The fraction of sp³-hybridized carbons (Fsp3) is 0.350. The van der Waals surface area contributed by atoms with E-state index < -0.39 is 16.1 Å². The third-order valence-corrected chi connectivity index (χ3v) is 6.83. The largest absolute Gasteiger partial charge is 0.352 e. The lowest BCUT2D eigenvalue weighted by molar-refractivity contribution is -0.124. The van der Waals surface area contributed by atoms with Crippen LogP contribution in [-0.2, 0) is 21.2 Å². The van der Waals surface area contributed by atoms with Crippen LogP contribution >= 0.6 is 11.6 Å². The lowest BCUT2D eigenvalue weighted by Crippen LogP contribution is -2.48. The second kappa shape index (κ2) is 8.42. The highest BCUT2D eigenvalue weighted by molar-refractivity contribution is 7.89. The van der Waals surface area contributed by atoms with Gasteiger partial charge in [-0.05, 0) is 56.0 Å². The number of carbonyl (C=O) groups excluding carboxylic acids is 1. The van der Waals surface area contributed by atoms with Crippen LogP contribution in [0.3, 0.4) is 0 Å². The van der Waals surface area contributed by atoms with Gasteiger partial charge in [0.15, 0.2) is 0 Å². The van der Waals surface area contributed by atoms with Gasteiger partial charge in [-0.1, -0.05) is 41.9 Å². The second-order valence-corrected chi connectivity index (χ2v) is 9.16. The Morgan fingerprint density at radius 3 is 2.67 bits per heavy atom. The number of halogens is 1. The first-order valence-corrected chi connectivity index (χ1v) is 10.8. The van der Waals surface area contributed by atoms with Crippen LogP contribution in [0.2, 0.25) is 5.02 Å². The number of benzene rings is 2. The number of rotatable bonds is 6. The zero-order chi connectivity index (χ0) is 19.4. The van der Waals surface area contributed by atoms with Crippen molar-refractivity contribution in [2.45, 2.75) is 43.2 Å². The highest BCUT2D eigenvalue weighted by atomic mass is 35.5. The van der Waals surface area contributed by atoms with Crippen LogP contribution in [0.25, 0.3) is 0 Å². The Morgan fingerprint density at radius 1 is 1.22 bits per heavy atom. The Balaban J connectivity index is 1.68. The average Bonchev–Trinajstić information content (AvgIpc) is 3.13. The summed E-state index contributed by atoms with van der Waals surface area (Å²) in [5.41, 5.74) is 1.02. The summed E-state index contributed by atoms with van der Waals surface area (Å²) in [7, 11) is -3.68. The molecule has 2 aromatic rings. The lowest BCUT2D eigenvalue weighted by Gasteiger charge is -2.25. The molecule has 0 unspecified atom stereocenters. The van der Waals surface area contributed by atoms with E-state index >= 15 is 0 Å². The highest BCUT2D eigenvalue weighted by Gasteiger charge is 2.39. The van der Waals surface area contributed by atoms with Crippen LogP contribution in [0.1, 0.15) is 25.3 Å². The summed E-state index contributed by atoms with van der Waals surface area (Å²) in [6.07, 6.45) is 1.83. The van der Waals surface area contributed by atoms with Gasteiger partial charge in [-0.15, -0.1) is 0 Å². The van der Waals surface area contributed by atoms with Crippen LogP contribution in [0, 0.1) is 0 Å². The maximum Gasteiger partial charge on any atom is 0.243 e. The van der Waals surface area contributed by atoms with Crippen molar-refractivity contribution in [3.05, 3.63) is 65.2 Å². The van der Waals surface area contributed by atoms with E-state index in [1.54, 1.807) is 36.4 Å². The quantitative estimate of drug-likeness (QED) is 0.800. The molecule has 0 bridgehead atoms. The fourth-order valence-corrected chi connectivity index (χ4v) is 5.32. The van der Waals surface area contributed by atoms with Gasteiger partial charge in [0, 0.05) is 17.6 Å². The van der Waals surface area contributed by atoms with Gasteiger partial charge in [0.2, 0.25) is 15.9 Å². The normalized spacial score (nSPS) is 19.0. The Kier molecular flexibility index (Phi) is 6.19. The Hall–Kier alpha value is -1.89. The van der Waals surface area contributed by atoms with E-state index in [9.17, 15) is 13.2 Å². The van der Waals surface area contributed by atoms with Crippen molar-refractivity contribution in [3.63, 3.8) is 0 Å². The zero-order valence-corrected chi connectivity index (χ0v) is 16.7. The molecular weight excluding hydrogens is 384 g/mol. The molecule has 5 nitrogen and oxygen atoms in total. The number of sulfonamides is 1. The van der Waals surface area contributed by atoms with Crippen molar-refractivity contribution < 1.29 is 13.2 Å². The molecule has 1 amide bonds. The summed E-state index contributed by atoms with van der Waals surface area (Å²) >= 11 is 6.00. The van der Waals surface area contributed by atoms with Crippen molar-refractivity contribution in [1.29, 1.82) is 0 Å². The number of nitrogens with zero attached hydrogens (tertiary/aromatic N) is 1. The molecule has 2 atom stereocenters. The number of hydrogen-bond acceptors (Lipinski definition) is 3. The summed E-state index contributed by atoms with van der Waals surface area (Å²) in [6, 6.07) is 15.0. The number of carbonyl (C=O) groups is 1. The fourth-order valence-electron chi connectivity index (χ4n) is 3.43. The van der Waals surface area contributed by atoms with Gasteiger partial charge < -0.3 is 5.32 Å². The average molecular weight is 407 g/mol. The predicted molar refractivity (Wildman–Crippen MR) is 106 cm³/mol. The van der Waals surface area contributed by atoms with Gasteiger partial charge in [-0.25, -0.2) is 8.42 Å². The Morgan fingerprint density at radius 2 is 1.96 bits per heavy atom. The van der Waals surface area contributed by atoms with Crippen LogP contribution in [0.4, 0.5) is 0 Å². The van der Waals surface area contributed by atoms with E-state index in [0.29, 0.717) is 30.8 Å². The summed E-state index contributed by atoms with van der Waals surface area (Å²) < 4.78 is 27.1. The van der Waals surface area contributed by atoms with E-state index in [4.69, 9.17) is 11.6 Å². The summed E-state index contributed by atoms with van der Waals surface area (Å²) in [6.45, 7) is 2.27. The van der Waals surface area contributed by atoms with E-state index in [1.807, 2.05) is 25.1 Å². The molecule has 0 radical (unpaired) electrons. The monoisotopic (exact) mass is 406 g/mol. The number of amides is 1. The Bertz CT molecular complexity index is 902. The number of nitrogens with one attached hydrogen (secondary N) is 1. The van der Waals surface area contributed by atoms with Crippen LogP contribution in [0.5, 0.6) is 0 Å². The molecule has 1 heterocycles. The van der Waals surface area contributed by atoms with Gasteiger partial charge >= 0.3 is 0 Å². The molecule has 0 spiro atoms. The molecule has 1 aliphatic rings. The molecule has 3 rings (SSSR count). The van der Waals surface area contributed by atoms with Gasteiger partial charge in [-0.3, -0.25) is 4.79 Å². The molecule has 0 aromatic heterocycles. The molecular formula is C20H23ClN2O3S. The molecule has 144 valence electrons. The van der Waals surface area contributed by atoms with Crippen LogP contribution < -0.4 is 5.32 Å². The first-order valence-electron chi connectivity index (χ1n) is 8.99. The van der Waals surface area contributed by atoms with Gasteiger partial charge in [0.1, 0.15) is 6.04 Å². The summed E-state index contributed by atoms with van der Waals surface area (Å²) in [4.78, 5) is 13.0. The molecule has 0 saturated carbocycles. The van der Waals surface area contributed by atoms with Crippen LogP contribution in [-0.4, -0.2) is 37.3 Å². The zero-order valence-electron chi connectivity index (χ0n) is 15.1. The van der Waals surface area contributed by atoms with E-state index in [-0.39, 0.29) is 16.8 Å². The van der Waals surface area contributed by atoms with Gasteiger partial charge in [0.05, 0.1) is 4.90 Å². The molecule has 1 N–H and O–H groups in total. The lowest BCUT2D eigenvalue weighted by atomic mass is 10.1. The molecule has 27 heavy (non-hydrogen) atoms. The topological polar surface area (TPSA) is 66.5 Å². The molecule has 1 fully saturated rings. The second-order valence-electron chi connectivity index (χ2n) is 6.83. The smallest absolute Gasteiger partial charge is 0.243 e. The maximum absolute atomic E-state index is 12.9. The third kappa shape index (κ3) is 4.69. The van der Waals surface area contributed by atoms with Gasteiger partial charge in [-0.2, -0.15) is 4.31 Å². The molecule has 1 saturated heterocycles. The minimum absolute atomic E-state index is 0.127. The Labute approximate surface area is 165 Å². The molecule has 1 aliphatic heterocycles. The minimum atomic E-state index is -3.68. The van der Waals surface area contributed by atoms with Crippen LogP contribution in [0.15, 0.2) is 59.5 Å². The maximum atomic E-state index is 12.9. The standard InChI is InChI=1S/C20H23ClN2O3S/c1-15(13-16-7-5-8-17(21)14-16)22-20(24)19-11-6-12-23(19)27(25,26)18-9-3-2-4-10-18/h2-5,7-10,14-15,19H,6,11-13H2,1H3,(H,22,24)/t15-,19-/m0/s1. The predicted octanol–water partition coefficient (Wildman–Crippen LogP) is 3.24. The van der Waals surface area contributed by atoms with Gasteiger partial charge in [0.25, 0.3) is 0 Å². The summed E-state index contributed by atoms with van der Waals surface area (Å²) in [5, 5.41) is 3.61. The first kappa shape index (κ1) is 19.9. The van der Waals surface area contributed by atoms with E-state index in [2.05, 4.69) is 5.32 Å². The van der Waals surface area contributed by atoms with E-state index in [1.165, 1.54) is 4.31 Å². The molecule has 2 aromatic carbocycles. The third-order valence-electron chi connectivity index (χ3n) is 4.68. The van der Waals surface area contributed by atoms with Crippen molar-refractivity contribution in [2.75, 3.05) is 6.54 Å². The number of hydrogen-bond donors (Lipinski definition) is 1. The van der Waals surface area contributed by atoms with Crippen molar-refractivity contribution >= 4 is 27.5 Å². The van der Waals surface area contributed by atoms with Crippen molar-refractivity contribution in [3.8, 4) is 0 Å². The van der Waals surface area contributed by atoms with Crippen molar-refractivity contribution in [2.24, 2.45) is 0 Å². The highest BCUT2D eigenvalue weighted by Crippen LogP contribution is 2.26. The minimum Gasteiger partial charge on any atom is -0.352 e.